The number of hydrogen-bond donors (Lipinski definition) is 0. The number of halogens is 11. The summed E-state index contributed by atoms with van der Waals surface area (Å²) in [6.45, 7) is -2.05. The molecule has 0 spiro atoms. The van der Waals surface area contributed by atoms with Crippen LogP contribution in [0, 0.1) is 18.3 Å². The maximum Gasteiger partial charge on any atom is 0.435 e. The van der Waals surface area contributed by atoms with Gasteiger partial charge in [0, 0.05) is 34.6 Å². The van der Waals surface area contributed by atoms with Gasteiger partial charge in [-0.3, -0.25) is 9.59 Å². The second-order valence-electron chi connectivity index (χ2n) is 9.26. The molecule has 0 aromatic heterocycles. The normalized spacial score (nSPS) is 12.2. The maximum atomic E-state index is 14.7. The third-order valence-electron chi connectivity index (χ3n) is 6.35. The smallest absolute Gasteiger partial charge is 0.434 e. The zero-order valence-electron chi connectivity index (χ0n) is 22.2. The fourth-order valence-corrected chi connectivity index (χ4v) is 4.99. The number of benzene rings is 3. The predicted molar refractivity (Wildman–Crippen MR) is 144 cm³/mol. The summed E-state index contributed by atoms with van der Waals surface area (Å²) in [4.78, 5) is 27.3. The molecule has 3 aromatic carbocycles. The molecule has 5 nitrogen and oxygen atoms in total. The first kappa shape index (κ1) is 34.7. The Bertz CT molecular complexity index is 1640. The molecule has 16 heteroatoms. The minimum absolute atomic E-state index is 0.0554. The summed E-state index contributed by atoms with van der Waals surface area (Å²) in [7, 11) is 1.28. The summed E-state index contributed by atoms with van der Waals surface area (Å²) in [5.41, 5.74) is -8.31. The van der Waals surface area contributed by atoms with Crippen LogP contribution >= 0.6 is 27.5 Å². The van der Waals surface area contributed by atoms with Crippen LogP contribution in [0.2, 0.25) is 5.02 Å². The number of hydrogen-bond acceptors (Lipinski definition) is 4. The number of amides is 1. The van der Waals surface area contributed by atoms with Gasteiger partial charge >= 0.3 is 24.6 Å². The van der Waals surface area contributed by atoms with Gasteiger partial charge in [-0.05, 0) is 55.0 Å². The average molecular weight is 716 g/mol. The zero-order chi connectivity index (χ0) is 33.4. The van der Waals surface area contributed by atoms with Crippen molar-refractivity contribution in [3.63, 3.8) is 0 Å². The third kappa shape index (κ3) is 6.81. The molecule has 3 rings (SSSR count). The van der Waals surface area contributed by atoms with E-state index in [1.165, 1.54) is 19.2 Å². The molecule has 0 heterocycles. The van der Waals surface area contributed by atoms with E-state index in [0.717, 1.165) is 28.7 Å². The number of anilines is 1. The predicted octanol–water partition coefficient (Wildman–Crippen LogP) is 8.88. The lowest BCUT2D eigenvalue weighted by Gasteiger charge is -2.31. The molecule has 0 bridgehead atoms. The number of rotatable bonds is 8. The van der Waals surface area contributed by atoms with Crippen LogP contribution in [0.5, 0.6) is 5.75 Å². The lowest BCUT2D eigenvalue weighted by atomic mass is 9.91. The van der Waals surface area contributed by atoms with Crippen molar-refractivity contribution in [1.29, 1.82) is 5.26 Å². The van der Waals surface area contributed by atoms with Gasteiger partial charge < -0.3 is 9.64 Å². The zero-order valence-corrected chi connectivity index (χ0v) is 24.5. The molecule has 3 aromatic rings. The van der Waals surface area contributed by atoms with Gasteiger partial charge in [-0.25, -0.2) is 4.39 Å². The van der Waals surface area contributed by atoms with E-state index in [0.29, 0.717) is 0 Å². The van der Waals surface area contributed by atoms with E-state index in [1.54, 1.807) is 13.0 Å². The first-order valence-electron chi connectivity index (χ1n) is 11.9. The Labute approximate surface area is 256 Å². The fraction of sp³-hybridized carbons (Fsp3) is 0.250. The molecule has 0 fully saturated rings. The number of carbonyl (C=O) groups excluding carboxylic acids is 2. The largest absolute Gasteiger partial charge is 0.435 e. The van der Waals surface area contributed by atoms with E-state index in [1.807, 2.05) is 6.07 Å². The highest BCUT2D eigenvalue weighted by Gasteiger charge is 2.73. The monoisotopic (exact) mass is 714 g/mol. The molecule has 0 saturated heterocycles. The van der Waals surface area contributed by atoms with Crippen LogP contribution in [0.25, 0.3) is 0 Å². The quantitative estimate of drug-likeness (QED) is 0.173. The van der Waals surface area contributed by atoms with E-state index in [9.17, 15) is 54.4 Å². The lowest BCUT2D eigenvalue weighted by molar-refractivity contribution is -0.348. The molecule has 0 atom stereocenters. The van der Waals surface area contributed by atoms with Gasteiger partial charge in [0.1, 0.15) is 11.8 Å². The number of Topliss-reactive ketones (excluding diaryl/α,β-unsaturated/α-hetero) is 1. The molecule has 0 saturated carbocycles. The van der Waals surface area contributed by atoms with Crippen LogP contribution in [0.4, 0.5) is 45.2 Å². The van der Waals surface area contributed by atoms with Crippen molar-refractivity contribution in [3.8, 4) is 11.8 Å². The lowest BCUT2D eigenvalue weighted by Crippen LogP contribution is -2.50. The molecule has 234 valence electrons. The van der Waals surface area contributed by atoms with E-state index in [4.69, 9.17) is 11.6 Å². The Kier molecular flexibility index (Phi) is 10.0. The second-order valence-corrected chi connectivity index (χ2v) is 10.5. The van der Waals surface area contributed by atoms with E-state index in [2.05, 4.69) is 20.7 Å². The van der Waals surface area contributed by atoms with Crippen LogP contribution in [0.3, 0.4) is 0 Å². The van der Waals surface area contributed by atoms with Gasteiger partial charge in [-0.15, -0.1) is 0 Å². The van der Waals surface area contributed by atoms with Crippen LogP contribution in [0.1, 0.15) is 43.0 Å². The highest BCUT2D eigenvalue weighted by Crippen LogP contribution is 2.54. The molecular weight excluding hydrogens is 699 g/mol. The topological polar surface area (TPSA) is 70.4 Å². The van der Waals surface area contributed by atoms with Gasteiger partial charge in [-0.2, -0.15) is 40.4 Å². The standard InChI is InChI=1S/C28H17BrClF9N2O3/c1-13-3-6-17(20(30)7-13)24(43)41(2)21-8-14(4-5-15(21)12-40)22(42)11-18-19(29)9-16(10-23(18)44-25(31)32)26(33,27(34,35)36)28(37,38)39/h3-10,25H,11H2,1-2H3. The van der Waals surface area contributed by atoms with Gasteiger partial charge in [0.25, 0.3) is 5.91 Å². The summed E-state index contributed by atoms with van der Waals surface area (Å²) in [5, 5.41) is 9.65. The molecule has 44 heavy (non-hydrogen) atoms. The highest BCUT2D eigenvalue weighted by molar-refractivity contribution is 9.10. The Hall–Kier alpha value is -3.77. The number of aryl methyl sites for hydroxylation is 1. The minimum atomic E-state index is -6.55. The average Bonchev–Trinajstić information content (AvgIpc) is 2.91. The van der Waals surface area contributed by atoms with Gasteiger partial charge in [0.15, 0.2) is 5.78 Å². The number of ketones is 1. The number of nitriles is 1. The summed E-state index contributed by atoms with van der Waals surface area (Å²) < 4.78 is 124. The van der Waals surface area contributed by atoms with Crippen LogP contribution in [-0.4, -0.2) is 37.7 Å². The number of alkyl halides is 9. The van der Waals surface area contributed by atoms with Crippen molar-refractivity contribution in [2.24, 2.45) is 0 Å². The summed E-state index contributed by atoms with van der Waals surface area (Å²) in [5.74, 6) is -2.95. The SMILES string of the molecule is Cc1ccc(C(=O)N(C)c2cc(C(=O)Cc3c(Br)cc(C(F)(C(F)(F)F)C(F)(F)F)cc3OC(F)F)ccc2C#N)c(Cl)c1. The summed E-state index contributed by atoms with van der Waals surface area (Å²) in [6.07, 6.45) is -14.0. The molecule has 0 aliphatic heterocycles. The Morgan fingerprint density at radius 1 is 1.00 bits per heavy atom. The number of nitrogens with zero attached hydrogens (tertiary/aromatic N) is 2. The molecular formula is C28H17BrClF9N2O3. The molecule has 1 amide bonds. The minimum Gasteiger partial charge on any atom is -0.434 e. The first-order chi connectivity index (χ1) is 20.2. The summed E-state index contributed by atoms with van der Waals surface area (Å²) >= 11 is 8.82. The highest BCUT2D eigenvalue weighted by atomic mass is 79.9. The van der Waals surface area contributed by atoms with Crippen molar-refractivity contribution >= 4 is 44.9 Å². The van der Waals surface area contributed by atoms with Crippen molar-refractivity contribution < 1.29 is 53.8 Å². The molecule has 0 aliphatic carbocycles. The van der Waals surface area contributed by atoms with Crippen molar-refractivity contribution in [1.82, 2.24) is 0 Å². The fourth-order valence-electron chi connectivity index (χ4n) is 4.09. The second kappa shape index (κ2) is 12.7. The first-order valence-corrected chi connectivity index (χ1v) is 13.1. The van der Waals surface area contributed by atoms with Gasteiger partial charge in [0.05, 0.1) is 21.8 Å². The van der Waals surface area contributed by atoms with Gasteiger partial charge in [0.2, 0.25) is 0 Å². The van der Waals surface area contributed by atoms with E-state index in [-0.39, 0.29) is 39.5 Å². The van der Waals surface area contributed by atoms with E-state index < -0.39 is 64.1 Å². The van der Waals surface area contributed by atoms with Crippen molar-refractivity contribution in [2.45, 2.75) is 38.0 Å². The molecule has 0 radical (unpaired) electrons. The van der Waals surface area contributed by atoms with Crippen molar-refractivity contribution in [2.75, 3.05) is 11.9 Å². The Morgan fingerprint density at radius 2 is 1.61 bits per heavy atom. The van der Waals surface area contributed by atoms with Gasteiger partial charge in [-0.1, -0.05) is 33.6 Å². The van der Waals surface area contributed by atoms with E-state index >= 15 is 0 Å². The van der Waals surface area contributed by atoms with Crippen LogP contribution in [0.15, 0.2) is 53.0 Å². The Morgan fingerprint density at radius 3 is 2.14 bits per heavy atom. The Balaban J connectivity index is 2.07. The molecule has 0 aliphatic rings. The van der Waals surface area contributed by atoms with Crippen LogP contribution < -0.4 is 9.64 Å². The van der Waals surface area contributed by atoms with Crippen LogP contribution in [-0.2, 0) is 12.1 Å². The number of carbonyl (C=O) groups is 2. The number of ether oxygens (including phenoxy) is 1. The maximum absolute atomic E-state index is 14.7. The summed E-state index contributed by atoms with van der Waals surface area (Å²) in [6, 6.07) is 9.63. The molecule has 0 N–H and O–H groups in total. The third-order valence-corrected chi connectivity index (χ3v) is 7.37. The molecule has 0 unspecified atom stereocenters. The van der Waals surface area contributed by atoms with Crippen molar-refractivity contribution in [3.05, 3.63) is 91.4 Å².